The van der Waals surface area contributed by atoms with Crippen molar-refractivity contribution >= 4 is 22.7 Å². The zero-order valence-corrected chi connectivity index (χ0v) is 24.2. The summed E-state index contributed by atoms with van der Waals surface area (Å²) in [6.45, 7) is 1.40. The van der Waals surface area contributed by atoms with Crippen molar-refractivity contribution in [1.82, 2.24) is 20.1 Å². The number of amides is 2. The molecule has 45 heavy (non-hydrogen) atoms. The van der Waals surface area contributed by atoms with E-state index >= 15 is 0 Å². The fraction of sp³-hybridized carbons (Fsp3) is 0.375. The van der Waals surface area contributed by atoms with Crippen LogP contribution in [0.1, 0.15) is 60.3 Å². The van der Waals surface area contributed by atoms with Crippen molar-refractivity contribution in [2.75, 3.05) is 13.2 Å². The normalized spacial score (nSPS) is 22.5. The highest BCUT2D eigenvalue weighted by Crippen LogP contribution is 2.51. The van der Waals surface area contributed by atoms with Crippen molar-refractivity contribution in [3.8, 4) is 28.5 Å². The van der Waals surface area contributed by atoms with Crippen LogP contribution < -0.4 is 25.3 Å². The predicted molar refractivity (Wildman–Crippen MR) is 155 cm³/mol. The summed E-state index contributed by atoms with van der Waals surface area (Å²) in [7, 11) is 0. The second kappa shape index (κ2) is 9.36. The van der Waals surface area contributed by atoms with Gasteiger partial charge in [0.2, 0.25) is 5.91 Å². The van der Waals surface area contributed by atoms with E-state index in [1.165, 1.54) is 18.2 Å². The molecule has 232 valence electrons. The van der Waals surface area contributed by atoms with Gasteiger partial charge < -0.3 is 30.4 Å². The summed E-state index contributed by atoms with van der Waals surface area (Å²) in [4.78, 5) is 30.8. The van der Waals surface area contributed by atoms with Gasteiger partial charge in [0.25, 0.3) is 5.91 Å². The Morgan fingerprint density at radius 3 is 2.62 bits per heavy atom. The summed E-state index contributed by atoms with van der Waals surface area (Å²) in [5, 5.41) is 20.5. The van der Waals surface area contributed by atoms with Gasteiger partial charge in [-0.25, -0.2) is 4.98 Å². The van der Waals surface area contributed by atoms with E-state index in [1.54, 1.807) is 31.2 Å². The molecule has 2 aromatic carbocycles. The average molecular weight is 618 g/mol. The number of primary amides is 1. The first kappa shape index (κ1) is 27.7. The van der Waals surface area contributed by atoms with E-state index in [0.717, 1.165) is 23.7 Å². The number of nitrogens with one attached hydrogen (secondary N) is 1. The van der Waals surface area contributed by atoms with Gasteiger partial charge in [-0.1, -0.05) is 0 Å². The number of carbonyl (C=O) groups excluding carboxylic acids is 2. The number of aromatic nitrogens is 3. The van der Waals surface area contributed by atoms with Crippen LogP contribution in [0.4, 0.5) is 8.78 Å². The van der Waals surface area contributed by atoms with Gasteiger partial charge in [-0.05, 0) is 81.0 Å². The predicted octanol–water partition coefficient (Wildman–Crippen LogP) is 3.92. The van der Waals surface area contributed by atoms with Crippen LogP contribution in [-0.2, 0) is 15.8 Å². The highest BCUT2D eigenvalue weighted by Gasteiger charge is 2.50. The van der Waals surface area contributed by atoms with E-state index in [-0.39, 0.29) is 53.6 Å². The molecule has 0 radical (unpaired) electrons. The number of rotatable bonds is 8. The van der Waals surface area contributed by atoms with Crippen LogP contribution in [0.2, 0.25) is 0 Å². The van der Waals surface area contributed by atoms with Gasteiger partial charge in [-0.15, -0.1) is 8.78 Å². The Labute approximate surface area is 255 Å². The molecule has 0 bridgehead atoms. The number of nitrogens with two attached hydrogens (primary N) is 1. The molecule has 2 aliphatic heterocycles. The van der Waals surface area contributed by atoms with Crippen molar-refractivity contribution in [2.24, 2.45) is 11.7 Å². The summed E-state index contributed by atoms with van der Waals surface area (Å²) in [5.41, 5.74) is 5.30. The Kier molecular flexibility index (Phi) is 5.77. The third-order valence-corrected chi connectivity index (χ3v) is 9.21. The molecule has 13 heteroatoms. The van der Waals surface area contributed by atoms with Crippen LogP contribution in [-0.4, -0.2) is 51.1 Å². The van der Waals surface area contributed by atoms with Crippen molar-refractivity contribution < 1.29 is 37.7 Å². The van der Waals surface area contributed by atoms with E-state index in [2.05, 4.69) is 19.9 Å². The van der Waals surface area contributed by atoms with Crippen LogP contribution >= 0.6 is 0 Å². The monoisotopic (exact) mass is 617 g/mol. The Bertz CT molecular complexity index is 1920. The number of hydrogen-bond donors (Lipinski definition) is 3. The number of aliphatic hydroxyl groups is 1. The summed E-state index contributed by atoms with van der Waals surface area (Å²) >= 11 is 0. The number of hydrogen-bond acceptors (Lipinski definition) is 8. The summed E-state index contributed by atoms with van der Waals surface area (Å²) < 4.78 is 44.6. The molecule has 4 aromatic rings. The minimum Gasteiger partial charge on any atom is -0.489 e. The quantitative estimate of drug-likeness (QED) is 0.269. The van der Waals surface area contributed by atoms with Crippen LogP contribution in [0.25, 0.3) is 22.2 Å². The summed E-state index contributed by atoms with van der Waals surface area (Å²) in [5.74, 6) is -1.34. The summed E-state index contributed by atoms with van der Waals surface area (Å²) in [6, 6.07) is 11.5. The first-order chi connectivity index (χ1) is 21.4. The van der Waals surface area contributed by atoms with Crippen LogP contribution in [0.3, 0.4) is 0 Å². The van der Waals surface area contributed by atoms with Gasteiger partial charge in [0.15, 0.2) is 11.5 Å². The molecule has 0 unspecified atom stereocenters. The zero-order chi connectivity index (χ0) is 31.3. The van der Waals surface area contributed by atoms with Crippen LogP contribution in [0.15, 0.2) is 48.7 Å². The fourth-order valence-corrected chi connectivity index (χ4v) is 6.14. The minimum absolute atomic E-state index is 0.0726. The molecule has 2 atom stereocenters. The maximum atomic E-state index is 13.8. The molecular formula is C32H29F2N5O6. The Balaban J connectivity index is 1.15. The fourth-order valence-electron chi connectivity index (χ4n) is 6.14. The number of pyridine rings is 1. The van der Waals surface area contributed by atoms with Crippen molar-refractivity contribution in [1.29, 1.82) is 0 Å². The van der Waals surface area contributed by atoms with E-state index in [0.29, 0.717) is 35.6 Å². The van der Waals surface area contributed by atoms with Gasteiger partial charge >= 0.3 is 6.29 Å². The molecule has 2 amide bonds. The molecule has 4 N–H and O–H groups in total. The first-order valence-corrected chi connectivity index (χ1v) is 14.8. The molecule has 2 aromatic heterocycles. The Morgan fingerprint density at radius 1 is 1.11 bits per heavy atom. The number of benzene rings is 2. The molecule has 4 aliphatic rings. The SMILES string of the molecule is C[C@]1(C(N)=O)COc2c1cc([C@@](O)(CNC(=O)c1ccc3nn(C4CC4)cc3c1)C1CC1)nc2-c1ccc2c(c1)OC(F)(F)O2. The topological polar surface area (TPSA) is 151 Å². The first-order valence-electron chi connectivity index (χ1n) is 14.8. The number of ether oxygens (including phenoxy) is 3. The maximum Gasteiger partial charge on any atom is 0.586 e. The molecule has 8 rings (SSSR count). The van der Waals surface area contributed by atoms with Crippen LogP contribution in [0, 0.1) is 5.92 Å². The van der Waals surface area contributed by atoms with Gasteiger partial charge in [0.1, 0.15) is 29.1 Å². The highest BCUT2D eigenvalue weighted by atomic mass is 19.3. The zero-order valence-electron chi connectivity index (χ0n) is 24.2. The second-order valence-corrected chi connectivity index (χ2v) is 12.5. The maximum absolute atomic E-state index is 13.8. The highest BCUT2D eigenvalue weighted by molar-refractivity contribution is 5.98. The smallest absolute Gasteiger partial charge is 0.489 e. The lowest BCUT2D eigenvalue weighted by Gasteiger charge is -2.30. The van der Waals surface area contributed by atoms with Gasteiger partial charge in [0.05, 0.1) is 23.8 Å². The minimum atomic E-state index is -3.81. The van der Waals surface area contributed by atoms with Crippen molar-refractivity contribution in [2.45, 2.75) is 56.0 Å². The van der Waals surface area contributed by atoms with E-state index < -0.39 is 23.2 Å². The number of carbonyl (C=O) groups is 2. The van der Waals surface area contributed by atoms with E-state index in [9.17, 15) is 23.5 Å². The molecule has 2 saturated carbocycles. The standard InChI is InChI=1S/C32H29F2N5O6/c1-30(29(35)41)15-43-27-21(30)12-25(37-26(27)16-3-9-23-24(11-16)45-32(33,34)44-23)31(42,19-4-5-19)14-36-28(40)17-2-8-22-18(10-17)13-39(38-22)20-6-7-20/h2-3,8-13,19-20,42H,4-7,14-15H2,1H3,(H2,35,41)(H,36,40)/t30-,31+/m0/s1. The number of fused-ring (bicyclic) bond motifs is 3. The lowest BCUT2D eigenvalue weighted by Crippen LogP contribution is -2.44. The molecule has 2 fully saturated rings. The van der Waals surface area contributed by atoms with Crippen molar-refractivity contribution in [3.05, 3.63) is 65.5 Å². The number of halogens is 2. The van der Waals surface area contributed by atoms with Crippen LogP contribution in [0.5, 0.6) is 17.2 Å². The van der Waals surface area contributed by atoms with E-state index in [1.807, 2.05) is 10.9 Å². The third-order valence-electron chi connectivity index (χ3n) is 9.21. The van der Waals surface area contributed by atoms with Gasteiger partial charge in [-0.2, -0.15) is 5.10 Å². The molecule has 11 nitrogen and oxygen atoms in total. The van der Waals surface area contributed by atoms with Gasteiger partial charge in [0, 0.05) is 28.3 Å². The number of alkyl halides is 2. The molecule has 4 heterocycles. The lowest BCUT2D eigenvalue weighted by molar-refractivity contribution is -0.286. The summed E-state index contributed by atoms with van der Waals surface area (Å²) in [6.07, 6.45) is 1.69. The molecule has 0 spiro atoms. The number of nitrogens with zero attached hydrogens (tertiary/aromatic N) is 3. The molecule has 0 saturated heterocycles. The third kappa shape index (κ3) is 4.55. The Hall–Kier alpha value is -4.78. The second-order valence-electron chi connectivity index (χ2n) is 12.5. The van der Waals surface area contributed by atoms with E-state index in [4.69, 9.17) is 15.5 Å². The lowest BCUT2D eigenvalue weighted by atomic mass is 9.81. The average Bonchev–Trinajstić information content (AvgIpc) is 3.94. The largest absolute Gasteiger partial charge is 0.586 e. The van der Waals surface area contributed by atoms with Crippen molar-refractivity contribution in [3.63, 3.8) is 0 Å². The molecular weight excluding hydrogens is 588 g/mol. The Morgan fingerprint density at radius 2 is 1.89 bits per heavy atom. The van der Waals surface area contributed by atoms with Gasteiger partial charge in [-0.3, -0.25) is 14.3 Å². The molecule has 2 aliphatic carbocycles.